The van der Waals surface area contributed by atoms with Gasteiger partial charge in [0.15, 0.2) is 5.96 Å². The van der Waals surface area contributed by atoms with E-state index in [-0.39, 0.29) is 24.0 Å². The Balaban J connectivity index is 0.00000363. The van der Waals surface area contributed by atoms with Crippen molar-refractivity contribution in [3.8, 4) is 16.9 Å². The number of piperidine rings is 1. The van der Waals surface area contributed by atoms with E-state index in [0.717, 1.165) is 68.4 Å². The monoisotopic (exact) mass is 553 g/mol. The van der Waals surface area contributed by atoms with Gasteiger partial charge in [-0.2, -0.15) is 0 Å². The Morgan fingerprint density at radius 2 is 1.72 bits per heavy atom. The first-order chi connectivity index (χ1) is 15.3. The molecule has 0 spiro atoms. The molecular weight excluding hydrogens is 517 g/mol. The fourth-order valence-corrected chi connectivity index (χ4v) is 3.79. The number of guanidine groups is 1. The summed E-state index contributed by atoms with van der Waals surface area (Å²) in [5.74, 6) is 1.83. The molecule has 32 heavy (non-hydrogen) atoms. The Kier molecular flexibility index (Phi) is 12.4. The zero-order valence-electron chi connectivity index (χ0n) is 19.2. The molecule has 2 aromatic carbocycles. The summed E-state index contributed by atoms with van der Waals surface area (Å²) in [6.45, 7) is 4.70. The number of halogens is 1. The number of nitrogens with one attached hydrogen (secondary N) is 1. The molecule has 0 radical (unpaired) electrons. The molecule has 1 N–H and O–H groups in total. The van der Waals surface area contributed by atoms with Crippen molar-refractivity contribution in [1.29, 1.82) is 0 Å². The Morgan fingerprint density at radius 3 is 2.44 bits per heavy atom. The lowest BCUT2D eigenvalue weighted by Gasteiger charge is -2.34. The minimum absolute atomic E-state index is 0. The number of aliphatic imine (C=N–C) groups is 1. The van der Waals surface area contributed by atoms with Gasteiger partial charge in [-0.3, -0.25) is 4.99 Å². The van der Waals surface area contributed by atoms with Crippen molar-refractivity contribution in [3.05, 3.63) is 54.6 Å². The minimum atomic E-state index is 0. The van der Waals surface area contributed by atoms with Crippen molar-refractivity contribution < 1.29 is 14.2 Å². The van der Waals surface area contributed by atoms with Gasteiger partial charge in [-0.1, -0.05) is 48.5 Å². The summed E-state index contributed by atoms with van der Waals surface area (Å²) in [5.41, 5.74) is 2.27. The molecule has 0 bridgehead atoms. The summed E-state index contributed by atoms with van der Waals surface area (Å²) in [6, 6.07) is 18.5. The fourth-order valence-electron chi connectivity index (χ4n) is 3.79. The molecule has 3 rings (SSSR count). The van der Waals surface area contributed by atoms with Gasteiger partial charge in [0.05, 0.1) is 12.6 Å². The van der Waals surface area contributed by atoms with Crippen LogP contribution in [0.25, 0.3) is 11.1 Å². The van der Waals surface area contributed by atoms with Crippen LogP contribution < -0.4 is 10.1 Å². The van der Waals surface area contributed by atoms with Gasteiger partial charge >= 0.3 is 0 Å². The first-order valence-corrected chi connectivity index (χ1v) is 11.1. The highest BCUT2D eigenvalue weighted by Crippen LogP contribution is 2.29. The van der Waals surface area contributed by atoms with Crippen LogP contribution in [0, 0.1) is 0 Å². The Hall–Kier alpha value is -1.84. The predicted octanol–water partition coefficient (Wildman–Crippen LogP) is 4.44. The third-order valence-electron chi connectivity index (χ3n) is 5.41. The first-order valence-electron chi connectivity index (χ1n) is 11.1. The minimum Gasteiger partial charge on any atom is -0.491 e. The lowest BCUT2D eigenvalue weighted by Crippen LogP contribution is -2.47. The normalized spacial score (nSPS) is 14.7. The van der Waals surface area contributed by atoms with E-state index in [9.17, 15) is 0 Å². The quantitative estimate of drug-likeness (QED) is 0.204. The highest BCUT2D eigenvalue weighted by molar-refractivity contribution is 14.0. The molecule has 0 aliphatic carbocycles. The average molecular weight is 553 g/mol. The van der Waals surface area contributed by atoms with E-state index in [2.05, 4.69) is 33.4 Å². The van der Waals surface area contributed by atoms with Crippen LogP contribution in [0.4, 0.5) is 0 Å². The summed E-state index contributed by atoms with van der Waals surface area (Å²) in [5, 5.41) is 3.44. The van der Waals surface area contributed by atoms with Crippen LogP contribution in [-0.4, -0.2) is 70.6 Å². The average Bonchev–Trinajstić information content (AvgIpc) is 2.83. The maximum Gasteiger partial charge on any atom is 0.193 e. The lowest BCUT2D eigenvalue weighted by atomic mass is 10.1. The van der Waals surface area contributed by atoms with E-state index in [4.69, 9.17) is 14.2 Å². The van der Waals surface area contributed by atoms with Gasteiger partial charge in [0.25, 0.3) is 0 Å². The summed E-state index contributed by atoms with van der Waals surface area (Å²) in [7, 11) is 3.56. The van der Waals surface area contributed by atoms with Gasteiger partial charge in [-0.25, -0.2) is 0 Å². The van der Waals surface area contributed by atoms with Crippen molar-refractivity contribution in [2.75, 3.05) is 53.6 Å². The summed E-state index contributed by atoms with van der Waals surface area (Å²) < 4.78 is 17.1. The number of para-hydroxylation sites is 1. The number of nitrogens with zero attached hydrogens (tertiary/aromatic N) is 2. The number of likely N-dealkylation sites (tertiary alicyclic amines) is 1. The topological polar surface area (TPSA) is 55.3 Å². The van der Waals surface area contributed by atoms with Crippen LogP contribution >= 0.6 is 24.0 Å². The van der Waals surface area contributed by atoms with E-state index < -0.39 is 0 Å². The molecule has 2 aromatic rings. The van der Waals surface area contributed by atoms with E-state index in [1.54, 1.807) is 7.11 Å². The van der Waals surface area contributed by atoms with E-state index in [1.807, 2.05) is 43.4 Å². The van der Waals surface area contributed by atoms with Crippen molar-refractivity contribution in [2.45, 2.75) is 25.4 Å². The Bertz CT molecular complexity index is 796. The predicted molar refractivity (Wildman–Crippen MR) is 141 cm³/mol. The van der Waals surface area contributed by atoms with Crippen molar-refractivity contribution >= 4 is 29.9 Å². The second-order valence-electron chi connectivity index (χ2n) is 7.59. The second kappa shape index (κ2) is 15.1. The third-order valence-corrected chi connectivity index (χ3v) is 5.41. The van der Waals surface area contributed by atoms with Crippen molar-refractivity contribution in [1.82, 2.24) is 10.2 Å². The third kappa shape index (κ3) is 8.26. The summed E-state index contributed by atoms with van der Waals surface area (Å²) in [6.07, 6.45) is 3.33. The van der Waals surface area contributed by atoms with Crippen molar-refractivity contribution in [2.24, 2.45) is 4.99 Å². The van der Waals surface area contributed by atoms with Crippen LogP contribution in [0.2, 0.25) is 0 Å². The molecule has 1 aliphatic heterocycles. The van der Waals surface area contributed by atoms with Gasteiger partial charge in [0.2, 0.25) is 0 Å². The van der Waals surface area contributed by atoms with Gasteiger partial charge in [-0.15, -0.1) is 24.0 Å². The largest absolute Gasteiger partial charge is 0.491 e. The van der Waals surface area contributed by atoms with E-state index >= 15 is 0 Å². The lowest BCUT2D eigenvalue weighted by molar-refractivity contribution is 0.00989. The van der Waals surface area contributed by atoms with Gasteiger partial charge in [0.1, 0.15) is 12.4 Å². The Morgan fingerprint density at radius 1 is 1.00 bits per heavy atom. The van der Waals surface area contributed by atoms with Crippen LogP contribution in [0.1, 0.15) is 19.3 Å². The summed E-state index contributed by atoms with van der Waals surface area (Å²) >= 11 is 0. The number of benzene rings is 2. The molecule has 0 atom stereocenters. The molecule has 0 unspecified atom stereocenters. The fraction of sp³-hybridized carbons (Fsp3) is 0.480. The number of methoxy groups -OCH3 is 1. The molecule has 1 heterocycles. The molecule has 1 saturated heterocycles. The zero-order valence-corrected chi connectivity index (χ0v) is 21.5. The van der Waals surface area contributed by atoms with Crippen LogP contribution in [0.3, 0.4) is 0 Å². The van der Waals surface area contributed by atoms with Crippen LogP contribution in [0.5, 0.6) is 5.75 Å². The first kappa shape index (κ1) is 26.4. The smallest absolute Gasteiger partial charge is 0.193 e. The molecule has 0 saturated carbocycles. The number of ether oxygens (including phenoxy) is 3. The van der Waals surface area contributed by atoms with Gasteiger partial charge in [0, 0.05) is 46.0 Å². The maximum atomic E-state index is 6.09. The highest BCUT2D eigenvalue weighted by atomic mass is 127. The van der Waals surface area contributed by atoms with Gasteiger partial charge < -0.3 is 24.4 Å². The molecule has 6 nitrogen and oxygen atoms in total. The van der Waals surface area contributed by atoms with Crippen LogP contribution in [-0.2, 0) is 9.47 Å². The highest BCUT2D eigenvalue weighted by Gasteiger charge is 2.21. The van der Waals surface area contributed by atoms with Gasteiger partial charge in [-0.05, 0) is 30.9 Å². The SMILES string of the molecule is CN=C(NCCOc1ccccc1-c1ccccc1)N1CCC(OCCCOC)CC1.I. The molecule has 176 valence electrons. The molecule has 7 heteroatoms. The van der Waals surface area contributed by atoms with E-state index in [0.29, 0.717) is 19.3 Å². The molecule has 1 fully saturated rings. The molecule has 0 aromatic heterocycles. The molecule has 1 aliphatic rings. The second-order valence-corrected chi connectivity index (χ2v) is 7.59. The van der Waals surface area contributed by atoms with Crippen LogP contribution in [0.15, 0.2) is 59.6 Å². The number of hydrogen-bond acceptors (Lipinski definition) is 4. The zero-order chi connectivity index (χ0) is 21.7. The maximum absolute atomic E-state index is 6.09. The molecule has 0 amide bonds. The number of hydrogen-bond donors (Lipinski definition) is 1. The van der Waals surface area contributed by atoms with E-state index in [1.165, 1.54) is 0 Å². The standard InChI is InChI=1S/C25H35N3O3.HI/c1-26-25(28-16-13-22(14-17-28)30-19-8-18-29-2)27-15-20-31-24-12-7-6-11-23(24)21-9-4-3-5-10-21;/h3-7,9-12,22H,8,13-20H2,1-2H3,(H,26,27);1H. The summed E-state index contributed by atoms with van der Waals surface area (Å²) in [4.78, 5) is 6.75. The molecular formula is C25H36IN3O3. The number of rotatable bonds is 10. The Labute approximate surface area is 209 Å². The van der Waals surface area contributed by atoms with Crippen molar-refractivity contribution in [3.63, 3.8) is 0 Å².